The number of carbonyl (C=O) groups is 2. The molecule has 0 aliphatic rings. The highest BCUT2D eigenvalue weighted by Gasteiger charge is 2.29. The molecule has 0 fully saturated rings. The first-order chi connectivity index (χ1) is 12.5. The van der Waals surface area contributed by atoms with E-state index in [0.717, 1.165) is 15.6 Å². The molecule has 1 atom stereocenters. The molecule has 1 N–H and O–H groups in total. The van der Waals surface area contributed by atoms with Crippen molar-refractivity contribution in [3.05, 3.63) is 70.2 Å². The molecule has 5 heteroatoms. The summed E-state index contributed by atoms with van der Waals surface area (Å²) in [6.07, 6.45) is 0.852. The van der Waals surface area contributed by atoms with Gasteiger partial charge >= 0.3 is 0 Å². The van der Waals surface area contributed by atoms with Crippen molar-refractivity contribution < 1.29 is 9.59 Å². The number of hydrogen-bond acceptors (Lipinski definition) is 2. The lowest BCUT2D eigenvalue weighted by Crippen LogP contribution is -2.50. The van der Waals surface area contributed by atoms with Gasteiger partial charge in [0.05, 0.1) is 0 Å². The van der Waals surface area contributed by atoms with Crippen LogP contribution in [0.15, 0.2) is 59.1 Å². The van der Waals surface area contributed by atoms with Gasteiger partial charge < -0.3 is 10.2 Å². The molecule has 0 bridgehead atoms. The molecule has 1 unspecified atom stereocenters. The summed E-state index contributed by atoms with van der Waals surface area (Å²) < 4.78 is 0.955. The van der Waals surface area contributed by atoms with Gasteiger partial charge in [0.1, 0.15) is 6.04 Å². The molecule has 2 rings (SSSR count). The van der Waals surface area contributed by atoms with Crippen LogP contribution in [0.3, 0.4) is 0 Å². The van der Waals surface area contributed by atoms with Crippen molar-refractivity contribution in [2.24, 2.45) is 0 Å². The van der Waals surface area contributed by atoms with Gasteiger partial charge in [-0.05, 0) is 30.2 Å². The third-order valence-corrected chi connectivity index (χ3v) is 4.66. The minimum Gasteiger partial charge on any atom is -0.355 e. The highest BCUT2D eigenvalue weighted by molar-refractivity contribution is 9.10. The van der Waals surface area contributed by atoms with E-state index >= 15 is 0 Å². The Morgan fingerprint density at radius 3 is 2.35 bits per heavy atom. The van der Waals surface area contributed by atoms with Gasteiger partial charge in [0.25, 0.3) is 0 Å². The maximum atomic E-state index is 12.8. The molecule has 0 aliphatic heterocycles. The van der Waals surface area contributed by atoms with Gasteiger partial charge in [-0.3, -0.25) is 9.59 Å². The standard InChI is InChI=1S/C21H25BrN2O2/c1-3-20(25)24(15-17-11-8-12-18(22)13-17)19(21(26)23-4-2)14-16-9-6-5-7-10-16/h5-13,19H,3-4,14-15H2,1-2H3,(H,23,26). The molecule has 26 heavy (non-hydrogen) atoms. The topological polar surface area (TPSA) is 49.4 Å². The Kier molecular flexibility index (Phi) is 7.85. The second kappa shape index (κ2) is 10.1. The first-order valence-electron chi connectivity index (χ1n) is 8.90. The van der Waals surface area contributed by atoms with Crippen LogP contribution in [0.4, 0.5) is 0 Å². The summed E-state index contributed by atoms with van der Waals surface area (Å²) in [6, 6.07) is 17.1. The molecule has 0 aliphatic carbocycles. The summed E-state index contributed by atoms with van der Waals surface area (Å²) in [4.78, 5) is 27.1. The molecule has 2 aromatic carbocycles. The van der Waals surface area contributed by atoms with Gasteiger partial charge in [0, 0.05) is 30.4 Å². The first-order valence-corrected chi connectivity index (χ1v) is 9.70. The number of nitrogens with one attached hydrogen (secondary N) is 1. The minimum absolute atomic E-state index is 0.0304. The van der Waals surface area contributed by atoms with Crippen LogP contribution in [0, 0.1) is 0 Å². The van der Waals surface area contributed by atoms with Crippen molar-refractivity contribution in [1.82, 2.24) is 10.2 Å². The van der Waals surface area contributed by atoms with E-state index in [9.17, 15) is 9.59 Å². The Balaban J connectivity index is 2.33. The number of hydrogen-bond donors (Lipinski definition) is 1. The third-order valence-electron chi connectivity index (χ3n) is 4.17. The van der Waals surface area contributed by atoms with Crippen molar-refractivity contribution in [1.29, 1.82) is 0 Å². The van der Waals surface area contributed by atoms with E-state index in [0.29, 0.717) is 25.9 Å². The Morgan fingerprint density at radius 1 is 1.04 bits per heavy atom. The number of amides is 2. The van der Waals surface area contributed by atoms with Crippen LogP contribution >= 0.6 is 15.9 Å². The number of likely N-dealkylation sites (N-methyl/N-ethyl adjacent to an activating group) is 1. The van der Waals surface area contributed by atoms with Gasteiger partial charge in [-0.2, -0.15) is 0 Å². The summed E-state index contributed by atoms with van der Waals surface area (Å²) in [5.41, 5.74) is 2.02. The molecule has 0 aromatic heterocycles. The average molecular weight is 417 g/mol. The first kappa shape index (κ1) is 20.2. The smallest absolute Gasteiger partial charge is 0.243 e. The van der Waals surface area contributed by atoms with Gasteiger partial charge in [0.2, 0.25) is 11.8 Å². The second-order valence-corrected chi connectivity index (χ2v) is 7.02. The largest absolute Gasteiger partial charge is 0.355 e. The average Bonchev–Trinajstić information content (AvgIpc) is 2.65. The third kappa shape index (κ3) is 5.70. The van der Waals surface area contributed by atoms with E-state index in [1.807, 2.05) is 68.4 Å². The Hall–Kier alpha value is -2.14. The Labute approximate surface area is 163 Å². The predicted molar refractivity (Wildman–Crippen MR) is 108 cm³/mol. The van der Waals surface area contributed by atoms with Crippen LogP contribution < -0.4 is 5.32 Å². The maximum absolute atomic E-state index is 12.8. The number of halogens is 1. The quantitative estimate of drug-likeness (QED) is 0.708. The molecule has 0 spiro atoms. The van der Waals surface area contributed by atoms with E-state index in [-0.39, 0.29) is 11.8 Å². The summed E-state index contributed by atoms with van der Waals surface area (Å²) >= 11 is 3.47. The SMILES string of the molecule is CCNC(=O)C(Cc1ccccc1)N(Cc1cccc(Br)c1)C(=O)CC. The monoisotopic (exact) mass is 416 g/mol. The molecule has 0 saturated carbocycles. The molecule has 138 valence electrons. The fourth-order valence-electron chi connectivity index (χ4n) is 2.88. The van der Waals surface area contributed by atoms with Crippen LogP contribution in [0.25, 0.3) is 0 Å². The molecule has 0 heterocycles. The summed E-state index contributed by atoms with van der Waals surface area (Å²) in [6.45, 7) is 4.65. The van der Waals surface area contributed by atoms with E-state index < -0.39 is 6.04 Å². The normalized spacial score (nSPS) is 11.7. The minimum atomic E-state index is -0.538. The Bertz CT molecular complexity index is 734. The number of rotatable bonds is 8. The van der Waals surface area contributed by atoms with Crippen LogP contribution in [-0.2, 0) is 22.6 Å². The fourth-order valence-corrected chi connectivity index (χ4v) is 3.33. The summed E-state index contributed by atoms with van der Waals surface area (Å²) in [5, 5.41) is 2.88. The highest BCUT2D eigenvalue weighted by atomic mass is 79.9. The summed E-state index contributed by atoms with van der Waals surface area (Å²) in [7, 11) is 0. The zero-order chi connectivity index (χ0) is 18.9. The fraction of sp³-hybridized carbons (Fsp3) is 0.333. The number of benzene rings is 2. The lowest BCUT2D eigenvalue weighted by Gasteiger charge is -2.31. The van der Waals surface area contributed by atoms with Crippen LogP contribution in [-0.4, -0.2) is 29.3 Å². The summed E-state index contributed by atoms with van der Waals surface area (Å²) in [5.74, 6) is -0.148. The molecule has 4 nitrogen and oxygen atoms in total. The molecule has 0 radical (unpaired) electrons. The molecule has 0 saturated heterocycles. The lowest BCUT2D eigenvalue weighted by molar-refractivity contribution is -0.141. The van der Waals surface area contributed by atoms with E-state index in [1.165, 1.54) is 0 Å². The van der Waals surface area contributed by atoms with Gasteiger partial charge in [-0.15, -0.1) is 0 Å². The molecular formula is C21H25BrN2O2. The molecular weight excluding hydrogens is 392 g/mol. The zero-order valence-corrected chi connectivity index (χ0v) is 16.8. The van der Waals surface area contributed by atoms with Crippen LogP contribution in [0.1, 0.15) is 31.4 Å². The van der Waals surface area contributed by atoms with Crippen LogP contribution in [0.2, 0.25) is 0 Å². The van der Waals surface area contributed by atoms with Gasteiger partial charge in [0.15, 0.2) is 0 Å². The number of nitrogens with zero attached hydrogens (tertiary/aromatic N) is 1. The van der Waals surface area contributed by atoms with Crippen molar-refractivity contribution >= 4 is 27.7 Å². The lowest BCUT2D eigenvalue weighted by atomic mass is 10.0. The van der Waals surface area contributed by atoms with Crippen molar-refractivity contribution in [3.8, 4) is 0 Å². The van der Waals surface area contributed by atoms with E-state index in [4.69, 9.17) is 0 Å². The van der Waals surface area contributed by atoms with Crippen molar-refractivity contribution in [2.45, 2.75) is 39.3 Å². The predicted octanol–water partition coefficient (Wildman–Crippen LogP) is 3.94. The molecule has 2 aromatic rings. The van der Waals surface area contributed by atoms with Gasteiger partial charge in [-0.1, -0.05) is 65.3 Å². The maximum Gasteiger partial charge on any atom is 0.243 e. The Morgan fingerprint density at radius 2 is 1.73 bits per heavy atom. The highest BCUT2D eigenvalue weighted by Crippen LogP contribution is 2.18. The van der Waals surface area contributed by atoms with Crippen molar-refractivity contribution in [3.63, 3.8) is 0 Å². The van der Waals surface area contributed by atoms with E-state index in [2.05, 4.69) is 21.2 Å². The zero-order valence-electron chi connectivity index (χ0n) is 15.2. The van der Waals surface area contributed by atoms with Crippen LogP contribution in [0.5, 0.6) is 0 Å². The van der Waals surface area contributed by atoms with Gasteiger partial charge in [-0.25, -0.2) is 0 Å². The van der Waals surface area contributed by atoms with E-state index in [1.54, 1.807) is 4.90 Å². The number of carbonyl (C=O) groups excluding carboxylic acids is 2. The molecule has 2 amide bonds. The second-order valence-electron chi connectivity index (χ2n) is 6.11. The van der Waals surface area contributed by atoms with Crippen molar-refractivity contribution in [2.75, 3.05) is 6.54 Å².